The summed E-state index contributed by atoms with van der Waals surface area (Å²) in [5.74, 6) is -2.30. The van der Waals surface area contributed by atoms with Crippen LogP contribution >= 0.6 is 0 Å². The molecule has 1 aromatic rings. The molecule has 1 N–H and O–H groups in total. The van der Waals surface area contributed by atoms with Gasteiger partial charge in [0.1, 0.15) is 0 Å². The van der Waals surface area contributed by atoms with Crippen molar-refractivity contribution in [3.63, 3.8) is 0 Å². The molecule has 1 fully saturated rings. The molecular formula is C14H16N3NaO4. The van der Waals surface area contributed by atoms with Gasteiger partial charge < -0.3 is 19.9 Å². The van der Waals surface area contributed by atoms with Gasteiger partial charge in [-0.2, -0.15) is 5.10 Å². The molecule has 0 radical (unpaired) electrons. The van der Waals surface area contributed by atoms with E-state index in [1.165, 1.54) is 4.90 Å². The summed E-state index contributed by atoms with van der Waals surface area (Å²) in [6.07, 6.45) is -0.423. The van der Waals surface area contributed by atoms with E-state index in [1.807, 2.05) is 6.92 Å². The first-order valence-corrected chi connectivity index (χ1v) is 6.79. The van der Waals surface area contributed by atoms with Gasteiger partial charge in [-0.05, 0) is 26.3 Å². The second-order valence-electron chi connectivity index (χ2n) is 5.66. The average molecular weight is 313 g/mol. The Bertz CT molecular complexity index is 660. The summed E-state index contributed by atoms with van der Waals surface area (Å²) in [5, 5.41) is 25.4. The van der Waals surface area contributed by atoms with Crippen LogP contribution in [0.3, 0.4) is 0 Å². The molecule has 1 saturated heterocycles. The number of nitrogens with zero attached hydrogens (tertiary/aromatic N) is 3. The fourth-order valence-corrected chi connectivity index (χ4v) is 3.20. The molecule has 0 aromatic carbocycles. The Labute approximate surface area is 149 Å². The zero-order valence-electron chi connectivity index (χ0n) is 13.0. The summed E-state index contributed by atoms with van der Waals surface area (Å²) in [5.41, 5.74) is 1.82. The molecule has 2 aliphatic rings. The normalized spacial score (nSPS) is 24.7. The van der Waals surface area contributed by atoms with Crippen molar-refractivity contribution in [3.05, 3.63) is 23.2 Å². The predicted octanol–water partition coefficient (Wildman–Crippen LogP) is -4.19. The van der Waals surface area contributed by atoms with Crippen molar-refractivity contribution in [2.45, 2.75) is 32.4 Å². The first-order chi connectivity index (χ1) is 9.82. The molecule has 3 unspecified atom stereocenters. The monoisotopic (exact) mass is 313 g/mol. The van der Waals surface area contributed by atoms with Gasteiger partial charge in [0.2, 0.25) is 5.91 Å². The molecule has 1 aromatic heterocycles. The number of aliphatic hydroxyl groups excluding tert-OH is 1. The Balaban J connectivity index is 0.00000176. The molecule has 0 spiro atoms. The molecular weight excluding hydrogens is 297 g/mol. The van der Waals surface area contributed by atoms with E-state index in [9.17, 15) is 19.8 Å². The molecule has 22 heavy (non-hydrogen) atoms. The SMILES string of the molecule is Cc1cc(C2=C(C(=O)[O-])N3C(=O)C(C(C)O)C3C2)nn1C.[Na+]. The van der Waals surface area contributed by atoms with E-state index in [0.717, 1.165) is 5.69 Å². The maximum Gasteiger partial charge on any atom is 1.00 e. The van der Waals surface area contributed by atoms with Gasteiger partial charge in [0.05, 0.1) is 35.4 Å². The third kappa shape index (κ3) is 2.32. The first-order valence-electron chi connectivity index (χ1n) is 6.79. The number of β-lactam (4-membered cyclic amide) rings is 1. The molecule has 0 bridgehead atoms. The van der Waals surface area contributed by atoms with Crippen LogP contribution in [0.2, 0.25) is 0 Å². The Morgan fingerprint density at radius 1 is 1.55 bits per heavy atom. The van der Waals surface area contributed by atoms with Gasteiger partial charge >= 0.3 is 29.6 Å². The average Bonchev–Trinajstić information content (AvgIpc) is 2.88. The number of hydrogen-bond donors (Lipinski definition) is 1. The summed E-state index contributed by atoms with van der Waals surface area (Å²) in [7, 11) is 1.77. The molecule has 8 heteroatoms. The van der Waals surface area contributed by atoms with Gasteiger partial charge in [-0.3, -0.25) is 9.48 Å². The van der Waals surface area contributed by atoms with Crippen LogP contribution in [0.25, 0.3) is 5.57 Å². The molecule has 1 amide bonds. The minimum Gasteiger partial charge on any atom is -0.543 e. The van der Waals surface area contributed by atoms with Crippen molar-refractivity contribution < 1.29 is 49.4 Å². The summed E-state index contributed by atoms with van der Waals surface area (Å²) in [6.45, 7) is 3.41. The topological polar surface area (TPSA) is 98.5 Å². The number of aryl methyl sites for hydroxylation is 2. The van der Waals surface area contributed by atoms with Gasteiger partial charge in [-0.1, -0.05) is 0 Å². The fourth-order valence-electron chi connectivity index (χ4n) is 3.20. The number of carboxylic acids is 1. The minimum atomic E-state index is -1.38. The molecule has 2 aliphatic heterocycles. The van der Waals surface area contributed by atoms with Crippen molar-refractivity contribution in [1.29, 1.82) is 0 Å². The number of fused-ring (bicyclic) bond motifs is 1. The summed E-state index contributed by atoms with van der Waals surface area (Å²) >= 11 is 0. The van der Waals surface area contributed by atoms with Gasteiger partial charge in [-0.25, -0.2) is 0 Å². The van der Waals surface area contributed by atoms with Crippen LogP contribution in [0.1, 0.15) is 24.7 Å². The predicted molar refractivity (Wildman–Crippen MR) is 70.3 cm³/mol. The van der Waals surface area contributed by atoms with Gasteiger partial charge in [0.25, 0.3) is 0 Å². The van der Waals surface area contributed by atoms with E-state index in [-0.39, 0.29) is 47.2 Å². The maximum absolute atomic E-state index is 12.1. The fraction of sp³-hybridized carbons (Fsp3) is 0.500. The van der Waals surface area contributed by atoms with Crippen LogP contribution in [0.4, 0.5) is 0 Å². The number of aliphatic carboxylic acids is 1. The van der Waals surface area contributed by atoms with Crippen molar-refractivity contribution in [2.24, 2.45) is 13.0 Å². The zero-order valence-corrected chi connectivity index (χ0v) is 15.0. The van der Waals surface area contributed by atoms with Crippen molar-refractivity contribution in [2.75, 3.05) is 0 Å². The molecule has 7 nitrogen and oxygen atoms in total. The summed E-state index contributed by atoms with van der Waals surface area (Å²) < 4.78 is 1.65. The molecule has 112 valence electrons. The van der Waals surface area contributed by atoms with Crippen LogP contribution in [-0.4, -0.2) is 43.8 Å². The van der Waals surface area contributed by atoms with E-state index < -0.39 is 18.0 Å². The third-order valence-corrected chi connectivity index (χ3v) is 4.34. The number of aromatic nitrogens is 2. The second kappa shape index (κ2) is 5.81. The zero-order chi connectivity index (χ0) is 15.5. The molecule has 3 rings (SSSR count). The van der Waals surface area contributed by atoms with Gasteiger partial charge in [0, 0.05) is 18.3 Å². The van der Waals surface area contributed by atoms with Crippen molar-refractivity contribution in [3.8, 4) is 0 Å². The van der Waals surface area contributed by atoms with E-state index in [2.05, 4.69) is 5.10 Å². The standard InChI is InChI=1S/C14H17N3O4.Na/c1-6-4-9(15-16(6)3)8-5-10-11(7(2)18)13(19)17(10)12(8)14(20)21;/h4,7,10-11,18H,5H2,1-3H3,(H,20,21);/q;+1/p-1. The number of carboxylic acid groups (broad SMARTS) is 1. The molecule has 3 heterocycles. The number of carbonyl (C=O) groups is 2. The van der Waals surface area contributed by atoms with Crippen molar-refractivity contribution >= 4 is 17.4 Å². The third-order valence-electron chi connectivity index (χ3n) is 4.34. The van der Waals surface area contributed by atoms with Crippen LogP contribution in [0, 0.1) is 12.8 Å². The number of amides is 1. The Kier molecular flexibility index (Phi) is 4.54. The van der Waals surface area contributed by atoms with E-state index >= 15 is 0 Å². The van der Waals surface area contributed by atoms with Gasteiger partial charge in [-0.15, -0.1) is 0 Å². The van der Waals surface area contributed by atoms with Crippen LogP contribution in [0.5, 0.6) is 0 Å². The second-order valence-corrected chi connectivity index (χ2v) is 5.66. The first kappa shape index (κ1) is 17.2. The van der Waals surface area contributed by atoms with Crippen LogP contribution < -0.4 is 34.7 Å². The summed E-state index contributed by atoms with van der Waals surface area (Å²) in [6, 6.07) is 1.47. The van der Waals surface area contributed by atoms with E-state index in [1.54, 1.807) is 24.7 Å². The number of aliphatic hydroxyl groups is 1. The van der Waals surface area contributed by atoms with E-state index in [4.69, 9.17) is 0 Å². The molecule has 0 saturated carbocycles. The Morgan fingerprint density at radius 3 is 2.64 bits per heavy atom. The molecule has 0 aliphatic carbocycles. The summed E-state index contributed by atoms with van der Waals surface area (Å²) in [4.78, 5) is 24.7. The Hall–Kier alpha value is -1.15. The van der Waals surface area contributed by atoms with Crippen LogP contribution in [0.15, 0.2) is 11.8 Å². The van der Waals surface area contributed by atoms with E-state index in [0.29, 0.717) is 17.7 Å². The van der Waals surface area contributed by atoms with Crippen molar-refractivity contribution in [1.82, 2.24) is 14.7 Å². The molecule has 3 atom stereocenters. The van der Waals surface area contributed by atoms with Crippen LogP contribution in [-0.2, 0) is 16.6 Å². The number of hydrogen-bond acceptors (Lipinski definition) is 5. The number of rotatable bonds is 3. The van der Waals surface area contributed by atoms with Gasteiger partial charge in [0.15, 0.2) is 0 Å². The number of carbonyl (C=O) groups excluding carboxylic acids is 2. The maximum atomic E-state index is 12.1. The minimum absolute atomic E-state index is 0. The quantitative estimate of drug-likeness (QED) is 0.451. The smallest absolute Gasteiger partial charge is 0.543 e. The Morgan fingerprint density at radius 2 is 2.18 bits per heavy atom. The largest absolute Gasteiger partial charge is 1.00 e.